The zero-order valence-electron chi connectivity index (χ0n) is 30.1. The van der Waals surface area contributed by atoms with E-state index < -0.39 is 89.3 Å². The SMILES string of the molecule is NC(=O)c1cc(-c2cc3sc(N4CC5CC4CN5C4COC4)nc3nc2C(Cc2cc(F)cc(F)c2)NC(=O)Cn2nc(C(F)(F)F)c3c2C(F)(F)CC3)ccc1F. The summed E-state index contributed by atoms with van der Waals surface area (Å²) in [4.78, 5) is 40.4. The molecule has 0 radical (unpaired) electrons. The molecule has 3 aliphatic heterocycles. The average Bonchev–Trinajstić information content (AvgIpc) is 3.94. The van der Waals surface area contributed by atoms with Crippen LogP contribution in [0.25, 0.3) is 21.5 Å². The molecule has 304 valence electrons. The maximum absolute atomic E-state index is 15.0. The Morgan fingerprint density at radius 1 is 1.00 bits per heavy atom. The number of carbonyl (C=O) groups excluding carboxylic acids is 2. The fraction of sp³-hybridized carbons (Fsp3) is 0.395. The third-order valence-electron chi connectivity index (χ3n) is 11.2. The van der Waals surface area contributed by atoms with E-state index in [2.05, 4.69) is 20.2 Å². The van der Waals surface area contributed by atoms with Crippen LogP contribution >= 0.6 is 11.3 Å². The Morgan fingerprint density at radius 2 is 1.76 bits per heavy atom. The summed E-state index contributed by atoms with van der Waals surface area (Å²) < 4.78 is 122. The van der Waals surface area contributed by atoms with Gasteiger partial charge in [0.2, 0.25) is 5.91 Å². The minimum atomic E-state index is -5.07. The number of piperazine rings is 1. The summed E-state index contributed by atoms with van der Waals surface area (Å²) in [6, 6.07) is 7.30. The number of hydrogen-bond donors (Lipinski definition) is 2. The summed E-state index contributed by atoms with van der Waals surface area (Å²) in [5.41, 5.74) is 2.42. The minimum Gasteiger partial charge on any atom is -0.378 e. The number of ether oxygens (including phenoxy) is 1. The smallest absolute Gasteiger partial charge is 0.378 e. The van der Waals surface area contributed by atoms with Crippen LogP contribution in [-0.2, 0) is 41.0 Å². The van der Waals surface area contributed by atoms with Crippen molar-refractivity contribution in [3.05, 3.63) is 93.7 Å². The van der Waals surface area contributed by atoms with Crippen LogP contribution in [0.3, 0.4) is 0 Å². The molecule has 1 aliphatic carbocycles. The predicted molar refractivity (Wildman–Crippen MR) is 193 cm³/mol. The first-order valence-corrected chi connectivity index (χ1v) is 19.1. The number of primary amides is 1. The highest BCUT2D eigenvalue weighted by atomic mass is 32.1. The van der Waals surface area contributed by atoms with Gasteiger partial charge < -0.3 is 20.7 Å². The number of fused-ring (bicyclic) bond motifs is 4. The van der Waals surface area contributed by atoms with Gasteiger partial charge >= 0.3 is 6.18 Å². The van der Waals surface area contributed by atoms with Crippen molar-refractivity contribution in [3.8, 4) is 11.1 Å². The van der Waals surface area contributed by atoms with Crippen LogP contribution in [0, 0.1) is 17.5 Å². The van der Waals surface area contributed by atoms with Crippen LogP contribution in [0.5, 0.6) is 0 Å². The topological polar surface area (TPSA) is 132 Å². The van der Waals surface area contributed by atoms with Gasteiger partial charge in [0.1, 0.15) is 29.7 Å². The van der Waals surface area contributed by atoms with Crippen molar-refractivity contribution in [2.75, 3.05) is 31.2 Å². The lowest BCUT2D eigenvalue weighted by molar-refractivity contribution is -0.142. The highest BCUT2D eigenvalue weighted by molar-refractivity contribution is 7.22. The molecule has 2 amide bonds. The van der Waals surface area contributed by atoms with E-state index in [1.165, 1.54) is 23.5 Å². The lowest BCUT2D eigenvalue weighted by Crippen LogP contribution is -2.56. The number of halogens is 8. The molecule has 11 nitrogen and oxygen atoms in total. The van der Waals surface area contributed by atoms with Crippen LogP contribution in [0.15, 0.2) is 42.5 Å². The van der Waals surface area contributed by atoms with Gasteiger partial charge in [0.05, 0.1) is 41.3 Å². The second-order valence-corrected chi connectivity index (χ2v) is 16.0. The largest absolute Gasteiger partial charge is 0.435 e. The molecular formula is C38H32F8N8O3S. The number of pyridine rings is 1. The van der Waals surface area contributed by atoms with Gasteiger partial charge in [-0.3, -0.25) is 19.2 Å². The maximum Gasteiger partial charge on any atom is 0.435 e. The van der Waals surface area contributed by atoms with Crippen LogP contribution < -0.4 is 16.0 Å². The van der Waals surface area contributed by atoms with E-state index in [9.17, 15) is 44.7 Å². The number of hydrogen-bond acceptors (Lipinski definition) is 9. The Kier molecular flexibility index (Phi) is 9.23. The third-order valence-corrected chi connectivity index (χ3v) is 12.3. The Balaban J connectivity index is 1.13. The zero-order valence-corrected chi connectivity index (χ0v) is 30.9. The number of amides is 2. The monoisotopic (exact) mass is 832 g/mol. The lowest BCUT2D eigenvalue weighted by Gasteiger charge is -2.42. The van der Waals surface area contributed by atoms with Crippen LogP contribution in [0.2, 0.25) is 0 Å². The molecule has 0 saturated carbocycles. The molecule has 4 aliphatic rings. The molecule has 3 atom stereocenters. The number of alkyl halides is 5. The Bertz CT molecular complexity index is 2470. The first kappa shape index (κ1) is 38.3. The van der Waals surface area contributed by atoms with E-state index in [4.69, 9.17) is 20.4 Å². The molecule has 3 fully saturated rings. The molecule has 20 heteroatoms. The van der Waals surface area contributed by atoms with Crippen molar-refractivity contribution >= 4 is 38.6 Å². The Morgan fingerprint density at radius 3 is 2.41 bits per heavy atom. The third kappa shape index (κ3) is 6.83. The number of thiazole rings is 1. The van der Waals surface area contributed by atoms with Crippen molar-refractivity contribution in [3.63, 3.8) is 0 Å². The number of rotatable bonds is 10. The summed E-state index contributed by atoms with van der Waals surface area (Å²) >= 11 is 1.33. The summed E-state index contributed by atoms with van der Waals surface area (Å²) in [5, 5.41) is 6.65. The van der Waals surface area contributed by atoms with Gasteiger partial charge in [0.25, 0.3) is 11.8 Å². The van der Waals surface area contributed by atoms with Crippen molar-refractivity contribution in [1.82, 2.24) is 30.0 Å². The normalized spacial score (nSPS) is 20.8. The van der Waals surface area contributed by atoms with Crippen LogP contribution in [0.1, 0.15) is 57.5 Å². The fourth-order valence-corrected chi connectivity index (χ4v) is 9.63. The van der Waals surface area contributed by atoms with E-state index in [-0.39, 0.29) is 40.5 Å². The van der Waals surface area contributed by atoms with E-state index in [1.54, 1.807) is 6.07 Å². The number of nitrogens with two attached hydrogens (primary N) is 1. The molecule has 3 aromatic heterocycles. The Hall–Kier alpha value is -5.21. The van der Waals surface area contributed by atoms with Gasteiger partial charge in [-0.25, -0.2) is 18.2 Å². The van der Waals surface area contributed by atoms with E-state index in [0.29, 0.717) is 52.4 Å². The lowest BCUT2D eigenvalue weighted by atomic mass is 9.94. The maximum atomic E-state index is 15.0. The second-order valence-electron chi connectivity index (χ2n) is 15.0. The molecule has 3 saturated heterocycles. The van der Waals surface area contributed by atoms with E-state index >= 15 is 0 Å². The highest BCUT2D eigenvalue weighted by Crippen LogP contribution is 2.47. The van der Waals surface area contributed by atoms with Crippen molar-refractivity contribution < 1.29 is 49.4 Å². The molecule has 2 aromatic carbocycles. The van der Waals surface area contributed by atoms with Crippen molar-refractivity contribution in [2.24, 2.45) is 5.73 Å². The number of likely N-dealkylation sites (tertiary alicyclic amines) is 1. The molecule has 6 heterocycles. The van der Waals surface area contributed by atoms with Gasteiger partial charge in [0.15, 0.2) is 16.5 Å². The molecule has 3 N–H and O–H groups in total. The van der Waals surface area contributed by atoms with Crippen LogP contribution in [0.4, 0.5) is 40.3 Å². The van der Waals surface area contributed by atoms with Crippen molar-refractivity contribution in [1.29, 1.82) is 0 Å². The number of nitrogens with zero attached hydrogens (tertiary/aromatic N) is 6. The molecule has 5 aromatic rings. The number of aromatic nitrogens is 4. The molecular weight excluding hydrogens is 801 g/mol. The first-order chi connectivity index (χ1) is 27.5. The number of benzene rings is 2. The molecule has 2 bridgehead atoms. The van der Waals surface area contributed by atoms with Gasteiger partial charge in [-0.05, 0) is 60.7 Å². The van der Waals surface area contributed by atoms with Gasteiger partial charge in [-0.2, -0.15) is 32.0 Å². The molecule has 58 heavy (non-hydrogen) atoms. The standard InChI is InChI=1S/C38H32F8N8O3S/c39-19-5-17(6-20(40)9-19)7-28(48-30(55)14-54-33-24(3-4-37(33,42)43)32(51-54)38(44,45)46)31-25(18-1-2-27(41)26(8-18)34(47)56)11-29-35(49-31)50-36(58-29)53-13-21-10-22(53)12-52(21)23-15-57-16-23/h1-2,5-6,8-9,11,21-23,28H,3-4,7,10,12-16H2,(H2,47,56)(H,48,55). The highest BCUT2D eigenvalue weighted by Gasteiger charge is 2.51. The summed E-state index contributed by atoms with van der Waals surface area (Å²) in [6.45, 7) is 1.82. The van der Waals surface area contributed by atoms with Crippen LogP contribution in [-0.4, -0.2) is 80.9 Å². The first-order valence-electron chi connectivity index (χ1n) is 18.3. The number of anilines is 1. The number of nitrogens with one attached hydrogen (secondary N) is 1. The van der Waals surface area contributed by atoms with Gasteiger partial charge in [-0.15, -0.1) is 0 Å². The minimum absolute atomic E-state index is 0.00973. The van der Waals surface area contributed by atoms with E-state index in [1.807, 2.05) is 0 Å². The second kappa shape index (κ2) is 14.0. The van der Waals surface area contributed by atoms with Gasteiger partial charge in [-0.1, -0.05) is 17.4 Å². The summed E-state index contributed by atoms with van der Waals surface area (Å²) in [5.74, 6) is -8.68. The van der Waals surface area contributed by atoms with Crippen molar-refractivity contribution in [2.45, 2.75) is 68.5 Å². The van der Waals surface area contributed by atoms with Gasteiger partial charge in [0, 0.05) is 48.8 Å². The quantitative estimate of drug-likeness (QED) is 0.167. The zero-order chi connectivity index (χ0) is 40.8. The summed E-state index contributed by atoms with van der Waals surface area (Å²) in [7, 11) is 0. The molecule has 9 rings (SSSR count). The Labute approximate surface area is 327 Å². The fourth-order valence-electron chi connectivity index (χ4n) is 8.61. The predicted octanol–water partition coefficient (Wildman–Crippen LogP) is 5.89. The molecule has 3 unspecified atom stereocenters. The number of carbonyl (C=O) groups is 2. The van der Waals surface area contributed by atoms with E-state index in [0.717, 1.165) is 31.2 Å². The average molecular weight is 833 g/mol. The molecule has 0 spiro atoms. The summed E-state index contributed by atoms with van der Waals surface area (Å²) in [6.07, 6.45) is -6.03.